The monoisotopic (exact) mass is 141 g/mol. The van der Waals surface area contributed by atoms with Gasteiger partial charge in [0.1, 0.15) is 0 Å². The number of hydrogen-bond donors (Lipinski definition) is 2. The summed E-state index contributed by atoms with van der Waals surface area (Å²) in [6.45, 7) is 1.87. The zero-order chi connectivity index (χ0) is 7.66. The molecule has 0 radical (unpaired) electrons. The van der Waals surface area contributed by atoms with E-state index in [1.807, 2.05) is 0 Å². The molecule has 0 heterocycles. The summed E-state index contributed by atoms with van der Waals surface area (Å²) in [6, 6.07) is 0. The smallest absolute Gasteiger partial charge is 0.0555 e. The summed E-state index contributed by atoms with van der Waals surface area (Å²) in [6.07, 6.45) is 8.10. The van der Waals surface area contributed by atoms with E-state index in [0.717, 1.165) is 25.8 Å². The maximum atomic E-state index is 8.37. The number of aliphatic hydroxyl groups excluding tert-OH is 1. The zero-order valence-electron chi connectivity index (χ0n) is 6.27. The van der Waals surface area contributed by atoms with Gasteiger partial charge in [-0.2, -0.15) is 0 Å². The first kappa shape index (κ1) is 9.48. The lowest BCUT2D eigenvalue weighted by molar-refractivity contribution is 0.292. The molecule has 0 saturated carbocycles. The van der Waals surface area contributed by atoms with Crippen LogP contribution < -0.4 is 5.32 Å². The molecule has 0 aliphatic heterocycles. The molecular weight excluding hydrogens is 126 g/mol. The molecule has 0 aromatic carbocycles. The Balaban J connectivity index is 2.72. The van der Waals surface area contributed by atoms with E-state index in [4.69, 9.17) is 11.5 Å². The minimum atomic E-state index is 0.217. The second kappa shape index (κ2) is 8.48. The van der Waals surface area contributed by atoms with Crippen molar-refractivity contribution >= 4 is 0 Å². The molecule has 0 rings (SSSR count). The summed E-state index contributed by atoms with van der Waals surface area (Å²) in [4.78, 5) is 0. The SMILES string of the molecule is C#CCCCCNCCO. The van der Waals surface area contributed by atoms with Gasteiger partial charge in [0.25, 0.3) is 0 Å². The third-order valence-electron chi connectivity index (χ3n) is 1.21. The van der Waals surface area contributed by atoms with Gasteiger partial charge in [-0.3, -0.25) is 0 Å². The minimum absolute atomic E-state index is 0.217. The van der Waals surface area contributed by atoms with Crippen molar-refractivity contribution in [2.24, 2.45) is 0 Å². The molecule has 2 N–H and O–H groups in total. The van der Waals surface area contributed by atoms with E-state index in [1.165, 1.54) is 0 Å². The molecule has 0 bridgehead atoms. The van der Waals surface area contributed by atoms with Crippen LogP contribution in [-0.2, 0) is 0 Å². The normalized spacial score (nSPS) is 9.20. The van der Waals surface area contributed by atoms with Crippen molar-refractivity contribution in [3.8, 4) is 12.3 Å². The van der Waals surface area contributed by atoms with Crippen molar-refractivity contribution in [2.75, 3.05) is 19.7 Å². The Morgan fingerprint density at radius 3 is 2.70 bits per heavy atom. The lowest BCUT2D eigenvalue weighted by atomic mass is 10.2. The zero-order valence-corrected chi connectivity index (χ0v) is 6.27. The molecular formula is C8H15NO. The third kappa shape index (κ3) is 7.48. The maximum absolute atomic E-state index is 8.37. The summed E-state index contributed by atoms with van der Waals surface area (Å²) in [7, 11) is 0. The molecule has 58 valence electrons. The van der Waals surface area contributed by atoms with E-state index in [-0.39, 0.29) is 6.61 Å². The predicted molar refractivity (Wildman–Crippen MR) is 42.6 cm³/mol. The molecule has 0 saturated heterocycles. The molecule has 0 aliphatic rings. The molecule has 0 unspecified atom stereocenters. The van der Waals surface area contributed by atoms with Crippen LogP contribution in [0.3, 0.4) is 0 Å². The molecule has 0 spiro atoms. The summed E-state index contributed by atoms with van der Waals surface area (Å²) < 4.78 is 0. The van der Waals surface area contributed by atoms with Crippen LogP contribution in [0.5, 0.6) is 0 Å². The van der Waals surface area contributed by atoms with E-state index in [2.05, 4.69) is 11.2 Å². The first-order chi connectivity index (χ1) is 4.91. The lowest BCUT2D eigenvalue weighted by Crippen LogP contribution is -2.19. The Kier molecular flexibility index (Phi) is 8.04. The Morgan fingerprint density at radius 1 is 1.30 bits per heavy atom. The van der Waals surface area contributed by atoms with E-state index in [9.17, 15) is 0 Å². The van der Waals surface area contributed by atoms with Gasteiger partial charge in [-0.05, 0) is 19.4 Å². The first-order valence-corrected chi connectivity index (χ1v) is 3.67. The van der Waals surface area contributed by atoms with Crippen LogP contribution in [0.15, 0.2) is 0 Å². The van der Waals surface area contributed by atoms with Gasteiger partial charge in [-0.1, -0.05) is 0 Å². The summed E-state index contributed by atoms with van der Waals surface area (Å²) in [5.74, 6) is 2.58. The fourth-order valence-corrected chi connectivity index (χ4v) is 0.681. The fourth-order valence-electron chi connectivity index (χ4n) is 0.681. The Bertz CT molecular complexity index is 95.9. The van der Waals surface area contributed by atoms with E-state index in [1.54, 1.807) is 0 Å². The highest BCUT2D eigenvalue weighted by molar-refractivity contribution is 4.82. The van der Waals surface area contributed by atoms with Crippen LogP contribution in [0, 0.1) is 12.3 Å². The number of rotatable bonds is 6. The second-order valence-electron chi connectivity index (χ2n) is 2.13. The van der Waals surface area contributed by atoms with Crippen molar-refractivity contribution in [1.82, 2.24) is 5.32 Å². The van der Waals surface area contributed by atoms with Gasteiger partial charge < -0.3 is 10.4 Å². The van der Waals surface area contributed by atoms with Gasteiger partial charge in [0.15, 0.2) is 0 Å². The molecule has 0 atom stereocenters. The molecule has 0 aromatic heterocycles. The highest BCUT2D eigenvalue weighted by atomic mass is 16.3. The highest BCUT2D eigenvalue weighted by Gasteiger charge is 1.85. The first-order valence-electron chi connectivity index (χ1n) is 3.67. The Hall–Kier alpha value is -0.520. The highest BCUT2D eigenvalue weighted by Crippen LogP contribution is 1.90. The molecule has 10 heavy (non-hydrogen) atoms. The largest absolute Gasteiger partial charge is 0.395 e. The average Bonchev–Trinajstić information content (AvgIpc) is 1.97. The fraction of sp³-hybridized carbons (Fsp3) is 0.750. The summed E-state index contributed by atoms with van der Waals surface area (Å²) in [5.41, 5.74) is 0. The Morgan fingerprint density at radius 2 is 2.10 bits per heavy atom. The van der Waals surface area contributed by atoms with Crippen molar-refractivity contribution in [2.45, 2.75) is 19.3 Å². The van der Waals surface area contributed by atoms with Gasteiger partial charge >= 0.3 is 0 Å². The molecule has 2 nitrogen and oxygen atoms in total. The molecule has 0 fully saturated rings. The predicted octanol–water partition coefficient (Wildman–Crippen LogP) is 0.372. The quantitative estimate of drug-likeness (QED) is 0.414. The molecule has 0 aromatic rings. The second-order valence-corrected chi connectivity index (χ2v) is 2.13. The van der Waals surface area contributed by atoms with Gasteiger partial charge in [-0.15, -0.1) is 12.3 Å². The van der Waals surface area contributed by atoms with E-state index < -0.39 is 0 Å². The number of terminal acetylenes is 1. The van der Waals surface area contributed by atoms with Crippen LogP contribution in [0.2, 0.25) is 0 Å². The standard InChI is InChI=1S/C8H15NO/c1-2-3-4-5-6-9-7-8-10/h1,9-10H,3-8H2. The van der Waals surface area contributed by atoms with Gasteiger partial charge in [0, 0.05) is 13.0 Å². The van der Waals surface area contributed by atoms with Crippen LogP contribution in [0.1, 0.15) is 19.3 Å². The average molecular weight is 141 g/mol. The number of unbranched alkanes of at least 4 members (excludes halogenated alkanes) is 2. The molecule has 0 aliphatic carbocycles. The number of aliphatic hydroxyl groups is 1. The van der Waals surface area contributed by atoms with Crippen molar-refractivity contribution in [3.05, 3.63) is 0 Å². The van der Waals surface area contributed by atoms with Gasteiger partial charge in [0.05, 0.1) is 6.61 Å². The van der Waals surface area contributed by atoms with Crippen LogP contribution >= 0.6 is 0 Å². The van der Waals surface area contributed by atoms with Crippen molar-refractivity contribution < 1.29 is 5.11 Å². The van der Waals surface area contributed by atoms with Gasteiger partial charge in [0.2, 0.25) is 0 Å². The Labute approximate surface area is 62.6 Å². The minimum Gasteiger partial charge on any atom is -0.395 e. The summed E-state index contributed by atoms with van der Waals surface area (Å²) in [5, 5.41) is 11.4. The van der Waals surface area contributed by atoms with Crippen LogP contribution in [-0.4, -0.2) is 24.8 Å². The van der Waals surface area contributed by atoms with Gasteiger partial charge in [-0.25, -0.2) is 0 Å². The molecule has 2 heteroatoms. The van der Waals surface area contributed by atoms with Crippen molar-refractivity contribution in [1.29, 1.82) is 0 Å². The van der Waals surface area contributed by atoms with Crippen LogP contribution in [0.4, 0.5) is 0 Å². The van der Waals surface area contributed by atoms with E-state index in [0.29, 0.717) is 6.54 Å². The van der Waals surface area contributed by atoms with Crippen molar-refractivity contribution in [3.63, 3.8) is 0 Å². The summed E-state index contributed by atoms with van der Waals surface area (Å²) >= 11 is 0. The maximum Gasteiger partial charge on any atom is 0.0555 e. The third-order valence-corrected chi connectivity index (χ3v) is 1.21. The van der Waals surface area contributed by atoms with Crippen LogP contribution in [0.25, 0.3) is 0 Å². The molecule has 0 amide bonds. The number of nitrogens with one attached hydrogen (secondary N) is 1. The number of hydrogen-bond acceptors (Lipinski definition) is 2. The van der Waals surface area contributed by atoms with E-state index >= 15 is 0 Å². The lowest BCUT2D eigenvalue weighted by Gasteiger charge is -1.99. The topological polar surface area (TPSA) is 32.3 Å².